The van der Waals surface area contributed by atoms with E-state index < -0.39 is 22.4 Å². The van der Waals surface area contributed by atoms with Crippen LogP contribution in [0.4, 0.5) is 24.5 Å². The number of carbonyl (C=O) groups excluding carboxylic acids is 1. The Labute approximate surface area is 213 Å². The highest BCUT2D eigenvalue weighted by molar-refractivity contribution is 8.27. The van der Waals surface area contributed by atoms with E-state index in [1.165, 1.54) is 17.0 Å². The number of hydrogen-bond donors (Lipinski definition) is 0. The van der Waals surface area contributed by atoms with Gasteiger partial charge < -0.3 is 4.74 Å². The fourth-order valence-corrected chi connectivity index (χ4v) is 4.72. The summed E-state index contributed by atoms with van der Waals surface area (Å²) in [5.41, 5.74) is 1.35. The number of alkyl halides is 3. The van der Waals surface area contributed by atoms with Crippen molar-refractivity contribution in [1.29, 1.82) is 0 Å². The second-order valence-electron chi connectivity index (χ2n) is 7.90. The van der Waals surface area contributed by atoms with E-state index >= 15 is 0 Å². The summed E-state index contributed by atoms with van der Waals surface area (Å²) < 4.78 is 44.8. The Morgan fingerprint density at radius 2 is 1.81 bits per heavy atom. The standard InChI is InChI=1S/C25H17F3N2O4S2/c1-14-6-8-18(10-15(14)2)29-23(31)22(36-24(29)35)12-16-4-3-5-19(11-16)34-21-9-7-17(25(26,27)28)13-20(21)30(32)33/h3-13H,1-2H3/b22-12+. The van der Waals surface area contributed by atoms with Gasteiger partial charge in [0.25, 0.3) is 5.91 Å². The third-order valence-electron chi connectivity index (χ3n) is 5.41. The molecule has 0 unspecified atom stereocenters. The Hall–Kier alpha value is -3.70. The van der Waals surface area contributed by atoms with Crippen LogP contribution in [0.15, 0.2) is 65.6 Å². The molecule has 0 bridgehead atoms. The number of rotatable bonds is 5. The minimum atomic E-state index is -4.73. The zero-order valence-electron chi connectivity index (χ0n) is 18.8. The van der Waals surface area contributed by atoms with Gasteiger partial charge in [0.15, 0.2) is 4.32 Å². The van der Waals surface area contributed by atoms with Crippen LogP contribution >= 0.6 is 24.0 Å². The van der Waals surface area contributed by atoms with Crippen LogP contribution in [-0.2, 0) is 11.0 Å². The molecule has 0 N–H and O–H groups in total. The van der Waals surface area contributed by atoms with Crippen molar-refractivity contribution >= 4 is 51.7 Å². The first-order chi connectivity index (χ1) is 16.9. The summed E-state index contributed by atoms with van der Waals surface area (Å²) >= 11 is 6.55. The van der Waals surface area contributed by atoms with Crippen molar-refractivity contribution in [3.8, 4) is 11.5 Å². The fraction of sp³-hybridized carbons (Fsp3) is 0.120. The fourth-order valence-electron chi connectivity index (χ4n) is 3.42. The van der Waals surface area contributed by atoms with Crippen LogP contribution in [0.3, 0.4) is 0 Å². The molecule has 0 saturated carbocycles. The first kappa shape index (κ1) is 25.4. The van der Waals surface area contributed by atoms with Gasteiger partial charge in [0, 0.05) is 6.07 Å². The minimum Gasteiger partial charge on any atom is -0.450 e. The second kappa shape index (κ2) is 9.75. The Morgan fingerprint density at radius 1 is 1.06 bits per heavy atom. The zero-order valence-corrected chi connectivity index (χ0v) is 20.5. The summed E-state index contributed by atoms with van der Waals surface area (Å²) in [7, 11) is 0. The largest absolute Gasteiger partial charge is 0.450 e. The van der Waals surface area contributed by atoms with Crippen molar-refractivity contribution in [1.82, 2.24) is 0 Å². The lowest BCUT2D eigenvalue weighted by Gasteiger charge is -2.15. The van der Waals surface area contributed by atoms with Gasteiger partial charge in [0.05, 0.1) is 21.1 Å². The highest BCUT2D eigenvalue weighted by Crippen LogP contribution is 2.39. The van der Waals surface area contributed by atoms with Gasteiger partial charge in [-0.15, -0.1) is 0 Å². The smallest absolute Gasteiger partial charge is 0.416 e. The number of nitro groups is 1. The van der Waals surface area contributed by atoms with Gasteiger partial charge in [-0.05, 0) is 73.0 Å². The van der Waals surface area contributed by atoms with Gasteiger partial charge >= 0.3 is 11.9 Å². The van der Waals surface area contributed by atoms with Crippen LogP contribution in [0.25, 0.3) is 6.08 Å². The van der Waals surface area contributed by atoms with E-state index in [1.54, 1.807) is 18.2 Å². The zero-order chi connectivity index (χ0) is 26.2. The average molecular weight is 531 g/mol. The molecule has 1 aliphatic rings. The molecule has 1 aliphatic heterocycles. The summed E-state index contributed by atoms with van der Waals surface area (Å²) in [4.78, 5) is 25.3. The summed E-state index contributed by atoms with van der Waals surface area (Å²) in [5.74, 6) is -0.486. The summed E-state index contributed by atoms with van der Waals surface area (Å²) in [6.45, 7) is 3.91. The van der Waals surface area contributed by atoms with E-state index in [9.17, 15) is 28.1 Å². The van der Waals surface area contributed by atoms with E-state index in [0.29, 0.717) is 32.6 Å². The summed E-state index contributed by atoms with van der Waals surface area (Å²) in [6, 6.07) is 14.0. The van der Waals surface area contributed by atoms with E-state index in [1.807, 2.05) is 32.0 Å². The van der Waals surface area contributed by atoms with Crippen molar-refractivity contribution in [2.75, 3.05) is 4.90 Å². The molecule has 3 aromatic carbocycles. The maximum atomic E-state index is 13.1. The molecule has 1 heterocycles. The highest BCUT2D eigenvalue weighted by Gasteiger charge is 2.34. The first-order valence-electron chi connectivity index (χ1n) is 10.4. The molecule has 0 radical (unpaired) electrons. The van der Waals surface area contributed by atoms with E-state index in [4.69, 9.17) is 17.0 Å². The number of anilines is 1. The Kier molecular flexibility index (Phi) is 6.87. The number of benzene rings is 3. The van der Waals surface area contributed by atoms with Gasteiger partial charge in [0.1, 0.15) is 5.75 Å². The lowest BCUT2D eigenvalue weighted by Crippen LogP contribution is -2.27. The third kappa shape index (κ3) is 5.26. The average Bonchev–Trinajstić information content (AvgIpc) is 3.08. The lowest BCUT2D eigenvalue weighted by molar-refractivity contribution is -0.385. The van der Waals surface area contributed by atoms with Crippen LogP contribution in [0.2, 0.25) is 0 Å². The van der Waals surface area contributed by atoms with Crippen LogP contribution < -0.4 is 9.64 Å². The molecule has 184 valence electrons. The highest BCUT2D eigenvalue weighted by atomic mass is 32.2. The molecule has 0 atom stereocenters. The number of amides is 1. The Balaban J connectivity index is 1.60. The molecule has 1 fully saturated rings. The molecule has 1 saturated heterocycles. The topological polar surface area (TPSA) is 72.7 Å². The second-order valence-corrected chi connectivity index (χ2v) is 9.57. The number of hydrogen-bond acceptors (Lipinski definition) is 6. The van der Waals surface area contributed by atoms with Crippen LogP contribution in [0.1, 0.15) is 22.3 Å². The molecule has 0 aromatic heterocycles. The Morgan fingerprint density at radius 3 is 2.47 bits per heavy atom. The molecular formula is C25H17F3N2O4S2. The maximum Gasteiger partial charge on any atom is 0.416 e. The van der Waals surface area contributed by atoms with Crippen molar-refractivity contribution in [2.45, 2.75) is 20.0 Å². The Bertz CT molecular complexity index is 1440. The molecule has 1 amide bonds. The first-order valence-corrected chi connectivity index (χ1v) is 11.7. The monoisotopic (exact) mass is 530 g/mol. The van der Waals surface area contributed by atoms with Crippen molar-refractivity contribution in [3.63, 3.8) is 0 Å². The van der Waals surface area contributed by atoms with Gasteiger partial charge in [-0.25, -0.2) is 0 Å². The van der Waals surface area contributed by atoms with E-state index in [0.717, 1.165) is 29.0 Å². The normalized spacial score (nSPS) is 15.0. The van der Waals surface area contributed by atoms with Crippen LogP contribution in [-0.4, -0.2) is 15.2 Å². The molecule has 3 aromatic rings. The SMILES string of the molecule is Cc1ccc(N2C(=O)/C(=C\c3cccc(Oc4ccc(C(F)(F)F)cc4[N+](=O)[O-])c3)SC2=S)cc1C. The van der Waals surface area contributed by atoms with E-state index in [-0.39, 0.29) is 17.4 Å². The lowest BCUT2D eigenvalue weighted by atomic mass is 10.1. The molecule has 0 aliphatic carbocycles. The number of thioether (sulfide) groups is 1. The predicted octanol–water partition coefficient (Wildman–Crippen LogP) is 7.43. The number of ether oxygens (including phenoxy) is 1. The minimum absolute atomic E-state index is 0.149. The van der Waals surface area contributed by atoms with Crippen LogP contribution in [0, 0.1) is 24.0 Å². The van der Waals surface area contributed by atoms with Gasteiger partial charge in [0.2, 0.25) is 5.75 Å². The molecule has 36 heavy (non-hydrogen) atoms. The van der Waals surface area contributed by atoms with Gasteiger partial charge in [-0.3, -0.25) is 19.8 Å². The van der Waals surface area contributed by atoms with Gasteiger partial charge in [-0.2, -0.15) is 13.2 Å². The number of halogens is 3. The van der Waals surface area contributed by atoms with Crippen molar-refractivity contribution in [2.24, 2.45) is 0 Å². The number of nitro benzene ring substituents is 1. The molecule has 6 nitrogen and oxygen atoms in total. The summed E-state index contributed by atoms with van der Waals surface area (Å²) in [5, 5.41) is 11.3. The third-order valence-corrected chi connectivity index (χ3v) is 6.71. The molecular weight excluding hydrogens is 513 g/mol. The summed E-state index contributed by atoms with van der Waals surface area (Å²) in [6.07, 6.45) is -3.12. The number of nitrogens with zero attached hydrogens (tertiary/aromatic N) is 2. The molecule has 4 rings (SSSR count). The van der Waals surface area contributed by atoms with E-state index in [2.05, 4.69) is 0 Å². The number of aryl methyl sites for hydroxylation is 2. The molecule has 0 spiro atoms. The quantitative estimate of drug-likeness (QED) is 0.148. The predicted molar refractivity (Wildman–Crippen MR) is 136 cm³/mol. The van der Waals surface area contributed by atoms with Crippen molar-refractivity contribution < 1.29 is 27.6 Å². The molecule has 11 heteroatoms. The number of carbonyl (C=O) groups is 1. The maximum absolute atomic E-state index is 13.1. The number of thiocarbonyl (C=S) groups is 1. The van der Waals surface area contributed by atoms with Crippen molar-refractivity contribution in [3.05, 3.63) is 97.9 Å². The van der Waals surface area contributed by atoms with Gasteiger partial charge in [-0.1, -0.05) is 42.2 Å². The van der Waals surface area contributed by atoms with Crippen LogP contribution in [0.5, 0.6) is 11.5 Å².